The Balaban J connectivity index is 2.36. The van der Waals surface area contributed by atoms with Crippen molar-refractivity contribution in [3.8, 4) is 5.75 Å². The molecular formula is C18H15F6NO2S. The summed E-state index contributed by atoms with van der Waals surface area (Å²) in [5.74, 6) is -5.29. The molecular weight excluding hydrogens is 408 g/mol. The highest BCUT2D eigenvalue weighted by atomic mass is 32.2. The monoisotopic (exact) mass is 423 g/mol. The molecule has 1 N–H and O–H groups in total. The van der Waals surface area contributed by atoms with Crippen molar-refractivity contribution in [3.05, 3.63) is 52.8 Å². The fourth-order valence-corrected chi connectivity index (χ4v) is 3.28. The molecule has 0 atom stereocenters. The molecule has 3 nitrogen and oxygen atoms in total. The minimum absolute atomic E-state index is 0.00763. The maximum absolute atomic E-state index is 14.5. The van der Waals surface area contributed by atoms with Gasteiger partial charge in [0.25, 0.3) is 5.91 Å². The highest BCUT2D eigenvalue weighted by molar-refractivity contribution is 7.99. The Labute approximate surface area is 161 Å². The number of carbonyl (C=O) groups excluding carboxylic acids is 1. The molecule has 0 bridgehead atoms. The summed E-state index contributed by atoms with van der Waals surface area (Å²) in [4.78, 5) is 12.1. The van der Waals surface area contributed by atoms with Gasteiger partial charge in [-0.2, -0.15) is 0 Å². The third kappa shape index (κ3) is 4.92. The van der Waals surface area contributed by atoms with Crippen LogP contribution in [0.4, 0.5) is 32.0 Å². The van der Waals surface area contributed by atoms with Gasteiger partial charge in [-0.1, -0.05) is 13.8 Å². The van der Waals surface area contributed by atoms with Crippen LogP contribution in [0.5, 0.6) is 5.75 Å². The van der Waals surface area contributed by atoms with E-state index in [9.17, 15) is 31.1 Å². The lowest BCUT2D eigenvalue weighted by Crippen LogP contribution is -2.19. The Morgan fingerprint density at radius 1 is 1.04 bits per heavy atom. The number of ether oxygens (including phenoxy) is 1. The summed E-state index contributed by atoms with van der Waals surface area (Å²) in [7, 11) is 0. The normalized spacial score (nSPS) is 11.4. The summed E-state index contributed by atoms with van der Waals surface area (Å²) in [6.45, 7) is 3.10. The SMILES string of the molecule is CCSc1c(F)c(CC)c(F)c(F)c1C(=O)Nc1ccc(OC(F)(F)F)cc1. The fraction of sp³-hybridized carbons (Fsp3) is 0.278. The number of rotatable bonds is 6. The number of carbonyl (C=O) groups is 1. The van der Waals surface area contributed by atoms with E-state index in [0.717, 1.165) is 36.0 Å². The van der Waals surface area contributed by atoms with Gasteiger partial charge in [0, 0.05) is 11.3 Å². The molecule has 0 aliphatic rings. The van der Waals surface area contributed by atoms with Crippen molar-refractivity contribution in [2.45, 2.75) is 31.5 Å². The maximum atomic E-state index is 14.5. The van der Waals surface area contributed by atoms with E-state index in [2.05, 4.69) is 10.1 Å². The van der Waals surface area contributed by atoms with Crippen LogP contribution < -0.4 is 10.1 Å². The molecule has 10 heteroatoms. The van der Waals surface area contributed by atoms with E-state index >= 15 is 0 Å². The second kappa shape index (κ2) is 8.76. The van der Waals surface area contributed by atoms with Gasteiger partial charge >= 0.3 is 6.36 Å². The highest BCUT2D eigenvalue weighted by Crippen LogP contribution is 2.34. The quantitative estimate of drug-likeness (QED) is 0.356. The zero-order chi connectivity index (χ0) is 21.1. The Morgan fingerprint density at radius 3 is 2.14 bits per heavy atom. The zero-order valence-corrected chi connectivity index (χ0v) is 15.5. The number of alkyl halides is 3. The van der Waals surface area contributed by atoms with Gasteiger partial charge in [-0.25, -0.2) is 13.2 Å². The second-order valence-electron chi connectivity index (χ2n) is 5.44. The topological polar surface area (TPSA) is 38.3 Å². The molecule has 152 valence electrons. The third-order valence-corrected chi connectivity index (χ3v) is 4.54. The molecule has 1 amide bonds. The van der Waals surface area contributed by atoms with Crippen molar-refractivity contribution >= 4 is 23.4 Å². The van der Waals surface area contributed by atoms with Gasteiger partial charge in [0.1, 0.15) is 11.6 Å². The molecule has 0 aliphatic heterocycles. The molecule has 0 heterocycles. The largest absolute Gasteiger partial charge is 0.573 e. The summed E-state index contributed by atoms with van der Waals surface area (Å²) < 4.78 is 83.3. The third-order valence-electron chi connectivity index (χ3n) is 3.58. The zero-order valence-electron chi connectivity index (χ0n) is 14.7. The molecule has 0 radical (unpaired) electrons. The molecule has 0 spiro atoms. The van der Waals surface area contributed by atoms with E-state index in [0.29, 0.717) is 5.75 Å². The molecule has 28 heavy (non-hydrogen) atoms. The van der Waals surface area contributed by atoms with Crippen LogP contribution in [0.2, 0.25) is 0 Å². The number of thioether (sulfide) groups is 1. The molecule has 2 aromatic rings. The van der Waals surface area contributed by atoms with Crippen molar-refractivity contribution in [1.29, 1.82) is 0 Å². The predicted octanol–water partition coefficient (Wildman–Crippen LogP) is 5.93. The van der Waals surface area contributed by atoms with Gasteiger partial charge in [0.05, 0.1) is 10.5 Å². The molecule has 0 saturated carbocycles. The van der Waals surface area contributed by atoms with Crippen LogP contribution in [0, 0.1) is 17.5 Å². The van der Waals surface area contributed by atoms with Crippen LogP contribution in [0.3, 0.4) is 0 Å². The van der Waals surface area contributed by atoms with E-state index in [4.69, 9.17) is 0 Å². The summed E-state index contributed by atoms with van der Waals surface area (Å²) in [6.07, 6.45) is -4.98. The first-order valence-electron chi connectivity index (χ1n) is 8.08. The standard InChI is InChI=1S/C18H15F6NO2S/c1-3-11-13(19)15(21)12(16(14(11)20)28-4-2)17(26)25-9-5-7-10(8-6-9)27-18(22,23)24/h5-8H,3-4H2,1-2H3,(H,25,26). The van der Waals surface area contributed by atoms with Gasteiger partial charge in [0.2, 0.25) is 0 Å². The van der Waals surface area contributed by atoms with E-state index in [1.807, 2.05) is 0 Å². The number of nitrogens with one attached hydrogen (secondary N) is 1. The molecule has 2 aromatic carbocycles. The van der Waals surface area contributed by atoms with Crippen molar-refractivity contribution < 1.29 is 35.9 Å². The smallest absolute Gasteiger partial charge is 0.406 e. The van der Waals surface area contributed by atoms with Crippen LogP contribution in [0.15, 0.2) is 29.2 Å². The second-order valence-corrected chi connectivity index (χ2v) is 6.71. The first-order chi connectivity index (χ1) is 13.1. The minimum Gasteiger partial charge on any atom is -0.406 e. The first kappa shape index (κ1) is 21.9. The lowest BCUT2D eigenvalue weighted by Gasteiger charge is -2.15. The number of anilines is 1. The van der Waals surface area contributed by atoms with Crippen LogP contribution in [-0.2, 0) is 6.42 Å². The van der Waals surface area contributed by atoms with E-state index in [-0.39, 0.29) is 17.0 Å². The summed E-state index contributed by atoms with van der Waals surface area (Å²) in [6, 6.07) is 4.03. The predicted molar refractivity (Wildman–Crippen MR) is 93.2 cm³/mol. The lowest BCUT2D eigenvalue weighted by molar-refractivity contribution is -0.274. The highest BCUT2D eigenvalue weighted by Gasteiger charge is 2.31. The Hall–Kier alpha value is -2.36. The van der Waals surface area contributed by atoms with Crippen molar-refractivity contribution in [3.63, 3.8) is 0 Å². The summed E-state index contributed by atoms with van der Waals surface area (Å²) in [5, 5.41) is 2.22. The minimum atomic E-state index is -4.88. The number of benzene rings is 2. The van der Waals surface area contributed by atoms with Crippen LogP contribution in [-0.4, -0.2) is 18.0 Å². The number of amides is 1. The van der Waals surface area contributed by atoms with Gasteiger partial charge in [-0.3, -0.25) is 4.79 Å². The lowest BCUT2D eigenvalue weighted by atomic mass is 10.1. The fourth-order valence-electron chi connectivity index (χ4n) is 2.41. The average Bonchev–Trinajstić information content (AvgIpc) is 2.61. The number of hydrogen-bond acceptors (Lipinski definition) is 3. The average molecular weight is 423 g/mol. The van der Waals surface area contributed by atoms with Gasteiger partial charge < -0.3 is 10.1 Å². The van der Waals surface area contributed by atoms with Gasteiger partial charge in [0.15, 0.2) is 11.6 Å². The Morgan fingerprint density at radius 2 is 1.64 bits per heavy atom. The van der Waals surface area contributed by atoms with Crippen LogP contribution in [0.1, 0.15) is 29.8 Å². The molecule has 0 unspecified atom stereocenters. The van der Waals surface area contributed by atoms with Crippen molar-refractivity contribution in [1.82, 2.24) is 0 Å². The summed E-state index contributed by atoms with van der Waals surface area (Å²) >= 11 is 0.841. The van der Waals surface area contributed by atoms with Crippen LogP contribution in [0.25, 0.3) is 0 Å². The molecule has 0 saturated heterocycles. The maximum Gasteiger partial charge on any atom is 0.573 e. The molecule has 2 rings (SSSR count). The Bertz CT molecular complexity index is 868. The van der Waals surface area contributed by atoms with Crippen molar-refractivity contribution in [2.75, 3.05) is 11.1 Å². The van der Waals surface area contributed by atoms with E-state index in [1.54, 1.807) is 6.92 Å². The molecule has 0 fully saturated rings. The van der Waals surface area contributed by atoms with Gasteiger partial charge in [-0.15, -0.1) is 24.9 Å². The molecule has 0 aliphatic carbocycles. The summed E-state index contributed by atoms with van der Waals surface area (Å²) in [5.41, 5.74) is -1.26. The number of halogens is 6. The van der Waals surface area contributed by atoms with E-state index in [1.165, 1.54) is 6.92 Å². The Kier molecular flexibility index (Phi) is 6.87. The van der Waals surface area contributed by atoms with Crippen molar-refractivity contribution in [2.24, 2.45) is 0 Å². The number of hydrogen-bond donors (Lipinski definition) is 1. The van der Waals surface area contributed by atoms with Gasteiger partial charge in [-0.05, 0) is 36.4 Å². The first-order valence-corrected chi connectivity index (χ1v) is 9.06. The van der Waals surface area contributed by atoms with Crippen LogP contribution >= 0.6 is 11.8 Å². The molecule has 0 aromatic heterocycles. The van der Waals surface area contributed by atoms with E-state index < -0.39 is 46.6 Å².